The fraction of sp³-hybridized carbons (Fsp3) is 0.0714. The van der Waals surface area contributed by atoms with Gasteiger partial charge >= 0.3 is 0 Å². The summed E-state index contributed by atoms with van der Waals surface area (Å²) in [7, 11) is 0. The zero-order chi connectivity index (χ0) is 13.0. The van der Waals surface area contributed by atoms with Crippen LogP contribution in [0.3, 0.4) is 0 Å². The highest BCUT2D eigenvalue weighted by Crippen LogP contribution is 2.22. The first-order valence-electron chi connectivity index (χ1n) is 5.62. The van der Waals surface area contributed by atoms with E-state index in [-0.39, 0.29) is 0 Å². The van der Waals surface area contributed by atoms with Crippen LogP contribution in [0.4, 0.5) is 0 Å². The van der Waals surface area contributed by atoms with Gasteiger partial charge in [0.25, 0.3) is 0 Å². The summed E-state index contributed by atoms with van der Waals surface area (Å²) in [6, 6.07) is 11.5. The summed E-state index contributed by atoms with van der Waals surface area (Å²) < 4.78 is 0. The molecule has 0 aromatic heterocycles. The molecule has 0 aliphatic heterocycles. The molecule has 0 unspecified atom stereocenters. The van der Waals surface area contributed by atoms with Gasteiger partial charge in [-0.2, -0.15) is 0 Å². The fourth-order valence-electron chi connectivity index (χ4n) is 1.99. The number of carbonyl (C=O) groups excluding carboxylic acids is 1. The van der Waals surface area contributed by atoms with Crippen molar-refractivity contribution in [1.82, 2.24) is 5.01 Å². The van der Waals surface area contributed by atoms with Crippen LogP contribution in [-0.4, -0.2) is 11.3 Å². The molecule has 2 aromatic carbocycles. The van der Waals surface area contributed by atoms with Gasteiger partial charge in [-0.1, -0.05) is 36.4 Å². The van der Waals surface area contributed by atoms with E-state index >= 15 is 0 Å². The molecular formula is C14H15N3O. The van der Waals surface area contributed by atoms with E-state index in [1.54, 1.807) is 6.20 Å². The molecule has 92 valence electrons. The maximum atomic E-state index is 11.0. The first-order valence-corrected chi connectivity index (χ1v) is 5.62. The van der Waals surface area contributed by atoms with E-state index in [0.29, 0.717) is 12.1 Å². The quantitative estimate of drug-likeness (QED) is 0.486. The molecule has 0 bridgehead atoms. The molecule has 0 radical (unpaired) electrons. The minimum atomic E-state index is 0.535. The smallest absolute Gasteiger partial charge is 0.150 e. The highest BCUT2D eigenvalue weighted by Gasteiger charge is 2.06. The van der Waals surface area contributed by atoms with Gasteiger partial charge in [0.1, 0.15) is 0 Å². The molecule has 0 heterocycles. The highest BCUT2D eigenvalue weighted by atomic mass is 16.1. The Hall–Kier alpha value is -2.33. The molecular weight excluding hydrogens is 226 g/mol. The van der Waals surface area contributed by atoms with E-state index in [4.69, 9.17) is 11.6 Å². The maximum absolute atomic E-state index is 11.0. The predicted molar refractivity (Wildman–Crippen MR) is 72.4 cm³/mol. The second-order valence-corrected chi connectivity index (χ2v) is 3.99. The Bertz CT molecular complexity index is 593. The van der Waals surface area contributed by atoms with E-state index in [2.05, 4.69) is 0 Å². The summed E-state index contributed by atoms with van der Waals surface area (Å²) >= 11 is 0. The van der Waals surface area contributed by atoms with Crippen molar-refractivity contribution in [3.05, 3.63) is 59.9 Å². The van der Waals surface area contributed by atoms with Gasteiger partial charge in [0, 0.05) is 18.0 Å². The molecule has 0 amide bonds. The van der Waals surface area contributed by atoms with Crippen molar-refractivity contribution in [1.29, 1.82) is 0 Å². The summed E-state index contributed by atoms with van der Waals surface area (Å²) in [6.07, 6.45) is 3.86. The summed E-state index contributed by atoms with van der Waals surface area (Å²) in [5, 5.41) is 3.47. The van der Waals surface area contributed by atoms with E-state index in [1.165, 1.54) is 11.2 Å². The summed E-state index contributed by atoms with van der Waals surface area (Å²) in [5.74, 6) is 5.77. The lowest BCUT2D eigenvalue weighted by Gasteiger charge is -2.15. The molecule has 0 aliphatic rings. The second kappa shape index (κ2) is 5.33. The number of benzene rings is 2. The van der Waals surface area contributed by atoms with Gasteiger partial charge < -0.3 is 10.7 Å². The average molecular weight is 241 g/mol. The number of rotatable bonds is 4. The van der Waals surface area contributed by atoms with Gasteiger partial charge in [-0.3, -0.25) is 4.79 Å². The van der Waals surface area contributed by atoms with Gasteiger partial charge in [-0.05, 0) is 16.3 Å². The number of hydrogen-bond donors (Lipinski definition) is 2. The van der Waals surface area contributed by atoms with Crippen LogP contribution in [0.5, 0.6) is 0 Å². The van der Waals surface area contributed by atoms with E-state index in [0.717, 1.165) is 22.6 Å². The van der Waals surface area contributed by atoms with E-state index in [9.17, 15) is 4.79 Å². The fourth-order valence-corrected chi connectivity index (χ4v) is 1.99. The number of aldehydes is 1. The highest BCUT2D eigenvalue weighted by molar-refractivity contribution is 5.99. The van der Waals surface area contributed by atoms with Crippen LogP contribution in [0.1, 0.15) is 15.9 Å². The van der Waals surface area contributed by atoms with Crippen molar-refractivity contribution in [2.75, 3.05) is 0 Å². The number of hydrogen-bond acceptors (Lipinski definition) is 4. The van der Waals surface area contributed by atoms with Crippen LogP contribution in [0.15, 0.2) is 48.8 Å². The lowest BCUT2D eigenvalue weighted by Crippen LogP contribution is -2.24. The zero-order valence-electron chi connectivity index (χ0n) is 9.91. The molecule has 0 fully saturated rings. The third kappa shape index (κ3) is 2.33. The molecule has 4 nitrogen and oxygen atoms in total. The first-order chi connectivity index (χ1) is 8.76. The number of hydrazine groups is 1. The van der Waals surface area contributed by atoms with Crippen LogP contribution in [0, 0.1) is 0 Å². The third-order valence-corrected chi connectivity index (χ3v) is 2.81. The number of nitrogens with two attached hydrogens (primary N) is 2. The standard InChI is InChI=1S/C14H15N3O/c15-7-8-17(16)9-11-5-6-12(10-18)14-4-2-1-3-13(11)14/h1-8,10H,9,15-16H2/b8-7-. The molecule has 0 saturated carbocycles. The van der Waals surface area contributed by atoms with Crippen LogP contribution in [0.25, 0.3) is 10.8 Å². The van der Waals surface area contributed by atoms with Crippen molar-refractivity contribution in [2.45, 2.75) is 6.54 Å². The lowest BCUT2D eigenvalue weighted by atomic mass is 10.00. The minimum absolute atomic E-state index is 0.535. The Balaban J connectivity index is 2.49. The van der Waals surface area contributed by atoms with Crippen LogP contribution in [0.2, 0.25) is 0 Å². The van der Waals surface area contributed by atoms with Crippen LogP contribution < -0.4 is 11.6 Å². The summed E-state index contributed by atoms with van der Waals surface area (Å²) in [5.41, 5.74) is 7.03. The molecule has 0 spiro atoms. The normalized spacial score (nSPS) is 10.9. The molecule has 0 aliphatic carbocycles. The third-order valence-electron chi connectivity index (χ3n) is 2.81. The van der Waals surface area contributed by atoms with Crippen molar-refractivity contribution >= 4 is 17.1 Å². The van der Waals surface area contributed by atoms with E-state index < -0.39 is 0 Å². The average Bonchev–Trinajstić information content (AvgIpc) is 2.39. The second-order valence-electron chi connectivity index (χ2n) is 3.99. The van der Waals surface area contributed by atoms with Gasteiger partial charge in [0.15, 0.2) is 6.29 Å². The number of carbonyl (C=O) groups is 1. The van der Waals surface area contributed by atoms with Crippen molar-refractivity contribution in [3.8, 4) is 0 Å². The zero-order valence-corrected chi connectivity index (χ0v) is 9.91. The van der Waals surface area contributed by atoms with Gasteiger partial charge in [-0.15, -0.1) is 0 Å². The Kier molecular flexibility index (Phi) is 3.60. The predicted octanol–water partition coefficient (Wildman–Crippen LogP) is 1.76. The molecule has 2 aromatic rings. The molecule has 18 heavy (non-hydrogen) atoms. The molecule has 4 N–H and O–H groups in total. The maximum Gasteiger partial charge on any atom is 0.150 e. The molecule has 0 saturated heterocycles. The Labute approximate surface area is 105 Å². The Morgan fingerprint density at radius 3 is 2.50 bits per heavy atom. The monoisotopic (exact) mass is 241 g/mol. The van der Waals surface area contributed by atoms with Crippen LogP contribution >= 0.6 is 0 Å². The molecule has 4 heteroatoms. The summed E-state index contributed by atoms with van der Waals surface area (Å²) in [4.78, 5) is 11.0. The topological polar surface area (TPSA) is 72.3 Å². The van der Waals surface area contributed by atoms with Crippen LogP contribution in [-0.2, 0) is 6.54 Å². The molecule has 0 atom stereocenters. The first kappa shape index (κ1) is 12.1. The SMILES string of the molecule is N/C=C\N(N)Cc1ccc(C=O)c2ccccc12. The number of nitrogens with zero attached hydrogens (tertiary/aromatic N) is 1. The lowest BCUT2D eigenvalue weighted by molar-refractivity contribution is 0.112. The van der Waals surface area contributed by atoms with Gasteiger partial charge in [0.05, 0.1) is 6.54 Å². The Morgan fingerprint density at radius 2 is 1.83 bits per heavy atom. The molecule has 2 rings (SSSR count). The van der Waals surface area contributed by atoms with Crippen molar-refractivity contribution in [3.63, 3.8) is 0 Å². The number of fused-ring (bicyclic) bond motifs is 1. The summed E-state index contributed by atoms with van der Waals surface area (Å²) in [6.45, 7) is 0.535. The Morgan fingerprint density at radius 1 is 1.11 bits per heavy atom. The van der Waals surface area contributed by atoms with Gasteiger partial charge in [-0.25, -0.2) is 5.84 Å². The van der Waals surface area contributed by atoms with Crippen molar-refractivity contribution in [2.24, 2.45) is 11.6 Å². The minimum Gasteiger partial charge on any atom is -0.403 e. The van der Waals surface area contributed by atoms with Crippen molar-refractivity contribution < 1.29 is 4.79 Å². The van der Waals surface area contributed by atoms with Gasteiger partial charge in [0.2, 0.25) is 0 Å². The van der Waals surface area contributed by atoms with E-state index in [1.807, 2.05) is 36.4 Å². The largest absolute Gasteiger partial charge is 0.403 e.